The van der Waals surface area contributed by atoms with Gasteiger partial charge in [-0.15, -0.1) is 11.3 Å². The van der Waals surface area contributed by atoms with Crippen molar-refractivity contribution in [2.24, 2.45) is 0 Å². The summed E-state index contributed by atoms with van der Waals surface area (Å²) in [5.74, 6) is -0.0482. The fourth-order valence-corrected chi connectivity index (χ4v) is 3.37. The van der Waals surface area contributed by atoms with Crippen LogP contribution in [0, 0.1) is 18.3 Å². The zero-order valence-electron chi connectivity index (χ0n) is 11.5. The molecule has 0 saturated heterocycles. The Balaban J connectivity index is 2.19. The molecule has 0 saturated carbocycles. The highest BCUT2D eigenvalue weighted by molar-refractivity contribution is 9.11. The highest BCUT2D eigenvalue weighted by Gasteiger charge is 2.19. The van der Waals surface area contributed by atoms with Crippen molar-refractivity contribution < 1.29 is 4.79 Å². The molecule has 4 nitrogen and oxygen atoms in total. The van der Waals surface area contributed by atoms with E-state index in [4.69, 9.17) is 5.26 Å². The molecule has 0 atom stereocenters. The van der Waals surface area contributed by atoms with E-state index in [1.807, 2.05) is 25.1 Å². The van der Waals surface area contributed by atoms with E-state index in [0.29, 0.717) is 24.4 Å². The minimum Gasteiger partial charge on any atom is -0.333 e. The molecule has 0 aromatic carbocycles. The van der Waals surface area contributed by atoms with E-state index in [0.717, 1.165) is 14.9 Å². The molecule has 0 bridgehead atoms. The van der Waals surface area contributed by atoms with Gasteiger partial charge < -0.3 is 4.90 Å². The van der Waals surface area contributed by atoms with Crippen molar-refractivity contribution in [1.29, 1.82) is 5.26 Å². The van der Waals surface area contributed by atoms with Gasteiger partial charge >= 0.3 is 0 Å². The largest absolute Gasteiger partial charge is 0.333 e. The van der Waals surface area contributed by atoms with Crippen molar-refractivity contribution in [1.82, 2.24) is 9.88 Å². The van der Waals surface area contributed by atoms with E-state index in [-0.39, 0.29) is 5.91 Å². The highest BCUT2D eigenvalue weighted by Crippen LogP contribution is 2.28. The number of amides is 1. The third kappa shape index (κ3) is 4.13. The number of carbonyl (C=O) groups is 1. The maximum atomic E-state index is 12.6. The van der Waals surface area contributed by atoms with Crippen molar-refractivity contribution >= 4 is 33.2 Å². The number of nitrogens with zero attached hydrogens (tertiary/aromatic N) is 3. The number of aromatic nitrogens is 1. The van der Waals surface area contributed by atoms with Gasteiger partial charge in [0.2, 0.25) is 0 Å². The minimum atomic E-state index is -0.0482. The predicted molar refractivity (Wildman–Crippen MR) is 86.0 cm³/mol. The van der Waals surface area contributed by atoms with Crippen LogP contribution in [-0.2, 0) is 6.54 Å². The van der Waals surface area contributed by atoms with E-state index < -0.39 is 0 Å². The van der Waals surface area contributed by atoms with Crippen LogP contribution in [0.1, 0.15) is 27.2 Å². The Kier molecular flexibility index (Phi) is 5.48. The van der Waals surface area contributed by atoms with E-state index in [9.17, 15) is 4.79 Å². The van der Waals surface area contributed by atoms with Crippen LogP contribution in [0.15, 0.2) is 34.4 Å². The van der Waals surface area contributed by atoms with Crippen molar-refractivity contribution in [2.45, 2.75) is 19.9 Å². The molecule has 0 aliphatic rings. The number of thiophene rings is 1. The lowest BCUT2D eigenvalue weighted by Crippen LogP contribution is -2.30. The van der Waals surface area contributed by atoms with Crippen LogP contribution >= 0.6 is 27.3 Å². The molecule has 1 amide bonds. The number of carbonyl (C=O) groups excluding carboxylic acids is 1. The first-order chi connectivity index (χ1) is 10.1. The second-order valence-electron chi connectivity index (χ2n) is 4.56. The van der Waals surface area contributed by atoms with Gasteiger partial charge in [-0.05, 0) is 46.1 Å². The van der Waals surface area contributed by atoms with Gasteiger partial charge in [0.1, 0.15) is 0 Å². The monoisotopic (exact) mass is 363 g/mol. The molecule has 0 unspecified atom stereocenters. The van der Waals surface area contributed by atoms with Gasteiger partial charge in [-0.3, -0.25) is 9.78 Å². The van der Waals surface area contributed by atoms with Crippen LogP contribution in [0.3, 0.4) is 0 Å². The lowest BCUT2D eigenvalue weighted by atomic mass is 10.2. The molecular formula is C15H14BrN3OS. The van der Waals surface area contributed by atoms with Gasteiger partial charge in [0, 0.05) is 25.5 Å². The predicted octanol–water partition coefficient (Wildman–Crippen LogP) is 3.77. The Labute approximate surface area is 136 Å². The summed E-state index contributed by atoms with van der Waals surface area (Å²) < 4.78 is 0.965. The van der Waals surface area contributed by atoms with Crippen molar-refractivity contribution in [2.75, 3.05) is 6.54 Å². The smallest absolute Gasteiger partial charge is 0.264 e. The molecule has 2 aromatic heterocycles. The quantitative estimate of drug-likeness (QED) is 0.812. The zero-order valence-corrected chi connectivity index (χ0v) is 13.9. The van der Waals surface area contributed by atoms with Gasteiger partial charge in [0.25, 0.3) is 5.91 Å². The molecule has 0 spiro atoms. The normalized spacial score (nSPS) is 10.1. The Hall–Kier alpha value is -1.71. The minimum absolute atomic E-state index is 0.0482. The second kappa shape index (κ2) is 7.34. The first-order valence-electron chi connectivity index (χ1n) is 6.43. The Bertz CT molecular complexity index is 644. The summed E-state index contributed by atoms with van der Waals surface area (Å²) >= 11 is 4.86. The summed E-state index contributed by atoms with van der Waals surface area (Å²) in [5.41, 5.74) is 2.00. The number of hydrogen-bond acceptors (Lipinski definition) is 4. The van der Waals surface area contributed by atoms with Crippen LogP contribution in [0.5, 0.6) is 0 Å². The number of pyridine rings is 1. The third-order valence-corrected chi connectivity index (χ3v) is 5.07. The summed E-state index contributed by atoms with van der Waals surface area (Å²) in [7, 11) is 0. The van der Waals surface area contributed by atoms with Crippen molar-refractivity contribution in [3.8, 4) is 6.07 Å². The summed E-state index contributed by atoms with van der Waals surface area (Å²) in [4.78, 5) is 19.0. The van der Waals surface area contributed by atoms with Crippen molar-refractivity contribution in [3.05, 3.63) is 50.4 Å². The molecule has 0 aliphatic carbocycles. The zero-order chi connectivity index (χ0) is 15.2. The topological polar surface area (TPSA) is 57.0 Å². The van der Waals surface area contributed by atoms with E-state index >= 15 is 0 Å². The van der Waals surface area contributed by atoms with Gasteiger partial charge in [-0.1, -0.05) is 6.07 Å². The summed E-state index contributed by atoms with van der Waals surface area (Å²) in [6.45, 7) is 2.83. The molecule has 2 rings (SSSR count). The van der Waals surface area contributed by atoms with Crippen molar-refractivity contribution in [3.63, 3.8) is 0 Å². The van der Waals surface area contributed by atoms with Crippen LogP contribution in [0.4, 0.5) is 0 Å². The first kappa shape index (κ1) is 15.7. The maximum Gasteiger partial charge on any atom is 0.264 e. The van der Waals surface area contributed by atoms with Gasteiger partial charge in [0.05, 0.1) is 21.2 Å². The average Bonchev–Trinajstić information content (AvgIpc) is 2.83. The second-order valence-corrected chi connectivity index (χ2v) is 6.93. The number of hydrogen-bond donors (Lipinski definition) is 0. The molecule has 0 fully saturated rings. The lowest BCUT2D eigenvalue weighted by molar-refractivity contribution is 0.0751. The van der Waals surface area contributed by atoms with Crippen LogP contribution < -0.4 is 0 Å². The first-order valence-corrected chi connectivity index (χ1v) is 8.04. The maximum absolute atomic E-state index is 12.6. The van der Waals surface area contributed by atoms with Crippen LogP contribution in [0.25, 0.3) is 0 Å². The van der Waals surface area contributed by atoms with E-state index in [2.05, 4.69) is 27.0 Å². The molecule has 2 aromatic rings. The molecule has 6 heteroatoms. The third-order valence-electron chi connectivity index (χ3n) is 2.94. The molecule has 2 heterocycles. The summed E-state index contributed by atoms with van der Waals surface area (Å²) in [6.07, 6.45) is 3.75. The number of aryl methyl sites for hydroxylation is 1. The molecular weight excluding hydrogens is 350 g/mol. The van der Waals surface area contributed by atoms with Crippen LogP contribution in [-0.4, -0.2) is 22.3 Å². The average molecular weight is 364 g/mol. The molecule has 0 radical (unpaired) electrons. The van der Waals surface area contributed by atoms with Gasteiger partial charge in [-0.25, -0.2) is 0 Å². The van der Waals surface area contributed by atoms with Gasteiger partial charge in [-0.2, -0.15) is 5.26 Å². The molecule has 21 heavy (non-hydrogen) atoms. The Morgan fingerprint density at radius 3 is 2.95 bits per heavy atom. The molecule has 108 valence electrons. The number of halogens is 1. The van der Waals surface area contributed by atoms with E-state index in [1.54, 1.807) is 17.3 Å². The molecule has 0 aliphatic heterocycles. The van der Waals surface area contributed by atoms with Gasteiger partial charge in [0.15, 0.2) is 0 Å². The highest BCUT2D eigenvalue weighted by atomic mass is 79.9. The fraction of sp³-hybridized carbons (Fsp3) is 0.267. The standard InChI is InChI=1S/C15H14BrN3OS/c1-11-8-13(21-14(11)16)15(20)19(7-3-5-17)10-12-4-2-6-18-9-12/h2,4,6,8-9H,3,7,10H2,1H3. The lowest BCUT2D eigenvalue weighted by Gasteiger charge is -2.20. The number of rotatable bonds is 5. The Morgan fingerprint density at radius 2 is 2.38 bits per heavy atom. The number of nitriles is 1. The van der Waals surface area contributed by atoms with Crippen LogP contribution in [0.2, 0.25) is 0 Å². The SMILES string of the molecule is Cc1cc(C(=O)N(CCC#N)Cc2cccnc2)sc1Br. The summed E-state index contributed by atoms with van der Waals surface area (Å²) in [5, 5.41) is 8.78. The summed E-state index contributed by atoms with van der Waals surface area (Å²) in [6, 6.07) is 7.73. The Morgan fingerprint density at radius 1 is 1.57 bits per heavy atom. The van der Waals surface area contributed by atoms with E-state index in [1.165, 1.54) is 11.3 Å². The molecule has 0 N–H and O–H groups in total. The fourth-order valence-electron chi connectivity index (χ4n) is 1.87.